The predicted molar refractivity (Wildman–Crippen MR) is 121 cm³/mol. The van der Waals surface area contributed by atoms with Gasteiger partial charge in [-0.1, -0.05) is 56.0 Å². The van der Waals surface area contributed by atoms with Crippen LogP contribution in [0.5, 0.6) is 0 Å². The number of benzene rings is 1. The quantitative estimate of drug-likeness (QED) is 0.688. The number of carbonyl (C=O) groups excluding carboxylic acids is 2. The topological polar surface area (TPSA) is 43.9 Å². The zero-order chi connectivity index (χ0) is 21.3. The van der Waals surface area contributed by atoms with Crippen LogP contribution in [-0.2, 0) is 9.59 Å². The molecular formula is C26H37N3O2. The summed E-state index contributed by atoms with van der Waals surface area (Å²) in [7, 11) is 0. The predicted octanol–water partition coefficient (Wildman–Crippen LogP) is 4.00. The third-order valence-electron chi connectivity index (χ3n) is 8.34. The summed E-state index contributed by atoms with van der Waals surface area (Å²) in [6.07, 6.45) is 11.3. The second-order valence-electron chi connectivity index (χ2n) is 10.2. The minimum Gasteiger partial charge on any atom is -0.341 e. The molecule has 1 aromatic rings. The van der Waals surface area contributed by atoms with E-state index in [1.807, 2.05) is 0 Å². The SMILES string of the molecule is O=C(CN1CCCCCC1)N1CCC(N2C(=O)C3(CCCC3)C2c2ccccc2)CC1. The van der Waals surface area contributed by atoms with E-state index in [9.17, 15) is 9.59 Å². The minimum absolute atomic E-state index is 0.152. The van der Waals surface area contributed by atoms with Crippen molar-refractivity contribution in [2.45, 2.75) is 76.3 Å². The van der Waals surface area contributed by atoms with Gasteiger partial charge in [0.2, 0.25) is 11.8 Å². The van der Waals surface area contributed by atoms with Crippen LogP contribution >= 0.6 is 0 Å². The van der Waals surface area contributed by atoms with Crippen molar-refractivity contribution in [3.63, 3.8) is 0 Å². The highest BCUT2D eigenvalue weighted by Crippen LogP contribution is 2.60. The molecule has 0 bridgehead atoms. The van der Waals surface area contributed by atoms with Crippen LogP contribution in [0.1, 0.15) is 75.8 Å². The molecule has 0 N–H and O–H groups in total. The van der Waals surface area contributed by atoms with Crippen LogP contribution in [0.2, 0.25) is 0 Å². The maximum atomic E-state index is 13.4. The Balaban J connectivity index is 1.22. The van der Waals surface area contributed by atoms with Gasteiger partial charge in [-0.25, -0.2) is 0 Å². The van der Waals surface area contributed by atoms with Crippen molar-refractivity contribution in [3.05, 3.63) is 35.9 Å². The molecule has 1 unspecified atom stereocenters. The molecule has 168 valence electrons. The summed E-state index contributed by atoms with van der Waals surface area (Å²) in [6.45, 7) is 4.27. The molecule has 2 amide bonds. The highest BCUT2D eigenvalue weighted by molar-refractivity contribution is 5.91. The average molecular weight is 424 g/mol. The number of hydrogen-bond acceptors (Lipinski definition) is 3. The van der Waals surface area contributed by atoms with E-state index in [-0.39, 0.29) is 23.4 Å². The molecule has 0 aromatic heterocycles. The highest BCUT2D eigenvalue weighted by Gasteiger charge is 2.63. The monoisotopic (exact) mass is 423 g/mol. The van der Waals surface area contributed by atoms with Gasteiger partial charge >= 0.3 is 0 Å². The Morgan fingerprint density at radius 2 is 1.52 bits per heavy atom. The van der Waals surface area contributed by atoms with Gasteiger partial charge in [-0.3, -0.25) is 14.5 Å². The summed E-state index contributed by atoms with van der Waals surface area (Å²) in [5, 5.41) is 0. The van der Waals surface area contributed by atoms with Gasteiger partial charge in [0.05, 0.1) is 18.0 Å². The van der Waals surface area contributed by atoms with Crippen molar-refractivity contribution < 1.29 is 9.59 Å². The molecule has 1 atom stereocenters. The van der Waals surface area contributed by atoms with Crippen LogP contribution in [0.25, 0.3) is 0 Å². The first kappa shape index (κ1) is 21.0. The normalized spacial score (nSPS) is 27.4. The molecule has 1 saturated carbocycles. The van der Waals surface area contributed by atoms with Crippen LogP contribution < -0.4 is 0 Å². The number of amides is 2. The molecule has 3 aliphatic heterocycles. The first-order valence-corrected chi connectivity index (χ1v) is 12.6. The van der Waals surface area contributed by atoms with Gasteiger partial charge in [-0.05, 0) is 57.2 Å². The van der Waals surface area contributed by atoms with Crippen LogP contribution in [0.15, 0.2) is 30.3 Å². The Kier molecular flexibility index (Phi) is 6.05. The molecule has 5 rings (SSSR count). The molecule has 1 spiro atoms. The molecule has 31 heavy (non-hydrogen) atoms. The fourth-order valence-electron chi connectivity index (χ4n) is 6.66. The molecule has 1 aliphatic carbocycles. The number of likely N-dealkylation sites (tertiary alicyclic amines) is 3. The molecule has 4 fully saturated rings. The second kappa shape index (κ2) is 8.93. The summed E-state index contributed by atoms with van der Waals surface area (Å²) in [6, 6.07) is 11.2. The molecule has 5 nitrogen and oxygen atoms in total. The van der Waals surface area contributed by atoms with E-state index in [0.717, 1.165) is 51.9 Å². The van der Waals surface area contributed by atoms with E-state index in [4.69, 9.17) is 0 Å². The number of carbonyl (C=O) groups is 2. The Labute approximate surface area is 186 Å². The number of hydrogen-bond donors (Lipinski definition) is 0. The third-order valence-corrected chi connectivity index (χ3v) is 8.34. The maximum Gasteiger partial charge on any atom is 0.236 e. The molecule has 4 aliphatic rings. The van der Waals surface area contributed by atoms with Gasteiger partial charge < -0.3 is 9.80 Å². The lowest BCUT2D eigenvalue weighted by atomic mass is 9.65. The molecule has 0 radical (unpaired) electrons. The lowest BCUT2D eigenvalue weighted by Gasteiger charge is -2.59. The summed E-state index contributed by atoms with van der Waals surface area (Å²) >= 11 is 0. The molecule has 3 heterocycles. The zero-order valence-electron chi connectivity index (χ0n) is 18.8. The third kappa shape index (κ3) is 3.90. The van der Waals surface area contributed by atoms with Crippen LogP contribution in [-0.4, -0.2) is 65.3 Å². The van der Waals surface area contributed by atoms with E-state index >= 15 is 0 Å². The summed E-state index contributed by atoms with van der Waals surface area (Å²) in [5.74, 6) is 0.662. The van der Waals surface area contributed by atoms with Crippen LogP contribution in [0.3, 0.4) is 0 Å². The maximum absolute atomic E-state index is 13.4. The van der Waals surface area contributed by atoms with Gasteiger partial charge in [-0.2, -0.15) is 0 Å². The first-order chi connectivity index (χ1) is 15.2. The van der Waals surface area contributed by atoms with Crippen molar-refractivity contribution in [1.29, 1.82) is 0 Å². The highest BCUT2D eigenvalue weighted by atomic mass is 16.2. The van der Waals surface area contributed by atoms with E-state index < -0.39 is 0 Å². The lowest BCUT2D eigenvalue weighted by Crippen LogP contribution is -2.66. The first-order valence-electron chi connectivity index (χ1n) is 12.6. The Hall–Kier alpha value is -1.88. The largest absolute Gasteiger partial charge is 0.341 e. The van der Waals surface area contributed by atoms with Crippen molar-refractivity contribution >= 4 is 11.8 Å². The van der Waals surface area contributed by atoms with Crippen molar-refractivity contribution in [2.75, 3.05) is 32.7 Å². The summed E-state index contributed by atoms with van der Waals surface area (Å²) in [4.78, 5) is 32.9. The van der Waals surface area contributed by atoms with E-state index in [0.29, 0.717) is 12.5 Å². The van der Waals surface area contributed by atoms with Crippen molar-refractivity contribution in [3.8, 4) is 0 Å². The van der Waals surface area contributed by atoms with Gasteiger partial charge in [0.1, 0.15) is 0 Å². The fourth-order valence-corrected chi connectivity index (χ4v) is 6.66. The number of piperidine rings is 1. The Morgan fingerprint density at radius 1 is 0.871 bits per heavy atom. The second-order valence-corrected chi connectivity index (χ2v) is 10.2. The number of β-lactam (4-membered cyclic amide) rings is 1. The van der Waals surface area contributed by atoms with E-state index in [1.54, 1.807) is 0 Å². The standard InChI is InChI=1S/C26H37N3O2/c30-23(20-27-16-8-1-2-9-17-27)28-18-12-22(13-19-28)29-24(21-10-4-3-5-11-21)26(25(29)31)14-6-7-15-26/h3-5,10-11,22,24H,1-2,6-9,12-20H2. The van der Waals surface area contributed by atoms with Gasteiger partial charge in [0.15, 0.2) is 0 Å². The molecule has 3 saturated heterocycles. The Morgan fingerprint density at radius 3 is 2.16 bits per heavy atom. The van der Waals surface area contributed by atoms with Crippen molar-refractivity contribution in [2.24, 2.45) is 5.41 Å². The molecule has 1 aromatic carbocycles. The number of rotatable bonds is 4. The minimum atomic E-state index is -0.152. The number of nitrogens with zero attached hydrogens (tertiary/aromatic N) is 3. The zero-order valence-corrected chi connectivity index (χ0v) is 18.8. The summed E-state index contributed by atoms with van der Waals surface area (Å²) in [5.41, 5.74) is 1.14. The average Bonchev–Trinajstić information content (AvgIpc) is 3.19. The summed E-state index contributed by atoms with van der Waals surface area (Å²) < 4.78 is 0. The van der Waals surface area contributed by atoms with E-state index in [2.05, 4.69) is 45.0 Å². The van der Waals surface area contributed by atoms with Gasteiger partial charge in [-0.15, -0.1) is 0 Å². The lowest BCUT2D eigenvalue weighted by molar-refractivity contribution is -0.181. The smallest absolute Gasteiger partial charge is 0.236 e. The van der Waals surface area contributed by atoms with Gasteiger partial charge in [0.25, 0.3) is 0 Å². The van der Waals surface area contributed by atoms with Crippen molar-refractivity contribution in [1.82, 2.24) is 14.7 Å². The van der Waals surface area contributed by atoms with Crippen LogP contribution in [0, 0.1) is 5.41 Å². The van der Waals surface area contributed by atoms with E-state index in [1.165, 1.54) is 44.1 Å². The molecular weight excluding hydrogens is 386 g/mol. The van der Waals surface area contributed by atoms with Gasteiger partial charge in [0, 0.05) is 19.1 Å². The van der Waals surface area contributed by atoms with Crippen LogP contribution in [0.4, 0.5) is 0 Å². The molecule has 5 heteroatoms. The Bertz CT molecular complexity index is 773. The fraction of sp³-hybridized carbons (Fsp3) is 0.692.